The van der Waals surface area contributed by atoms with E-state index >= 15 is 0 Å². The second-order valence-electron chi connectivity index (χ2n) is 17.2. The summed E-state index contributed by atoms with van der Waals surface area (Å²) in [5.74, 6) is -0.115. The van der Waals surface area contributed by atoms with Crippen molar-refractivity contribution >= 4 is 5.91 Å². The van der Waals surface area contributed by atoms with Gasteiger partial charge in [-0.1, -0.05) is 247 Å². The highest BCUT2D eigenvalue weighted by Gasteiger charge is 2.17. The average Bonchev–Trinajstić information content (AvgIpc) is 3.24. The lowest BCUT2D eigenvalue weighted by Crippen LogP contribution is -2.45. The summed E-state index contributed by atoms with van der Waals surface area (Å²) in [5, 5.41) is 23.0. The van der Waals surface area contributed by atoms with E-state index in [1.807, 2.05) is 6.08 Å². The Morgan fingerprint density at radius 1 is 0.424 bits per heavy atom. The molecule has 0 saturated carbocycles. The van der Waals surface area contributed by atoms with Crippen LogP contribution in [-0.4, -0.2) is 34.9 Å². The molecule has 2 atom stereocenters. The first-order valence-electron chi connectivity index (χ1n) is 25.7. The maximum atomic E-state index is 12.4. The van der Waals surface area contributed by atoms with Crippen LogP contribution < -0.4 is 5.32 Å². The van der Waals surface area contributed by atoms with Crippen molar-refractivity contribution in [1.29, 1.82) is 0 Å². The molecule has 4 nitrogen and oxygen atoms in total. The summed E-state index contributed by atoms with van der Waals surface area (Å²) in [6.07, 6.45) is 72.1. The van der Waals surface area contributed by atoms with Crippen LogP contribution in [-0.2, 0) is 4.79 Å². The molecule has 4 heteroatoms. The molecule has 59 heavy (non-hydrogen) atoms. The van der Waals surface area contributed by atoms with E-state index in [2.05, 4.69) is 79.9 Å². The maximum absolute atomic E-state index is 12.4. The first-order chi connectivity index (χ1) is 29.2. The third-order valence-corrected chi connectivity index (χ3v) is 11.4. The van der Waals surface area contributed by atoms with E-state index < -0.39 is 12.1 Å². The fourth-order valence-electron chi connectivity index (χ4n) is 7.54. The summed E-state index contributed by atoms with van der Waals surface area (Å²) in [6, 6.07) is -0.665. The van der Waals surface area contributed by atoms with Crippen molar-refractivity contribution in [3.8, 4) is 0 Å². The number of aliphatic hydroxyl groups is 2. The highest BCUT2D eigenvalue weighted by atomic mass is 16.3. The molecule has 0 aliphatic carbocycles. The van der Waals surface area contributed by atoms with Crippen LogP contribution in [0.3, 0.4) is 0 Å². The van der Waals surface area contributed by atoms with Crippen molar-refractivity contribution in [3.63, 3.8) is 0 Å². The average molecular weight is 822 g/mol. The summed E-state index contributed by atoms with van der Waals surface area (Å²) in [6.45, 7) is 4.17. The van der Waals surface area contributed by atoms with Gasteiger partial charge in [-0.15, -0.1) is 0 Å². The standard InChI is InChI=1S/C55H99NO3/c1-3-5-7-9-11-13-15-17-19-20-21-22-23-24-25-26-27-28-29-30-31-32-33-34-35-37-38-40-42-44-46-48-50-54(58)53(52-57)56-55(59)51-49-47-45-43-41-39-36-18-16-14-12-10-8-6-4-2/h6,8,12,14,18,36,40-43,48,50,53-54,57-58H,3-5,7,9-11,13,15-17,19-35,37-39,44-47,49,51-52H2,1-2H3,(H,56,59)/b8-6-,14-12-,36-18-,42-40+,43-41-,50-48+. The third kappa shape index (κ3) is 46.7. The molecule has 0 radical (unpaired) electrons. The smallest absolute Gasteiger partial charge is 0.220 e. The number of aliphatic hydroxyl groups excluding tert-OH is 2. The number of carbonyl (C=O) groups excluding carboxylic acids is 1. The highest BCUT2D eigenvalue weighted by molar-refractivity contribution is 5.76. The third-order valence-electron chi connectivity index (χ3n) is 11.4. The Morgan fingerprint density at radius 2 is 0.763 bits per heavy atom. The monoisotopic (exact) mass is 822 g/mol. The van der Waals surface area contributed by atoms with Gasteiger partial charge in [-0.05, 0) is 70.6 Å². The van der Waals surface area contributed by atoms with Crippen molar-refractivity contribution in [3.05, 3.63) is 72.9 Å². The van der Waals surface area contributed by atoms with Crippen molar-refractivity contribution in [2.45, 2.75) is 264 Å². The molecule has 0 rings (SSSR count). The molecule has 0 aromatic heterocycles. The molecule has 0 aromatic carbocycles. The normalized spacial score (nSPS) is 13.5. The molecule has 3 N–H and O–H groups in total. The van der Waals surface area contributed by atoms with Gasteiger partial charge >= 0.3 is 0 Å². The van der Waals surface area contributed by atoms with E-state index in [-0.39, 0.29) is 12.5 Å². The number of hydrogen-bond acceptors (Lipinski definition) is 3. The lowest BCUT2D eigenvalue weighted by Gasteiger charge is -2.19. The number of carbonyl (C=O) groups is 1. The zero-order valence-electron chi connectivity index (χ0n) is 39.3. The van der Waals surface area contributed by atoms with Crippen LogP contribution in [0.15, 0.2) is 72.9 Å². The van der Waals surface area contributed by atoms with Crippen LogP contribution in [0.2, 0.25) is 0 Å². The van der Waals surface area contributed by atoms with Crippen molar-refractivity contribution in [2.24, 2.45) is 0 Å². The topological polar surface area (TPSA) is 69.6 Å². The van der Waals surface area contributed by atoms with Gasteiger partial charge < -0.3 is 15.5 Å². The minimum absolute atomic E-state index is 0.115. The van der Waals surface area contributed by atoms with Gasteiger partial charge in [0.25, 0.3) is 0 Å². The Kier molecular flexibility index (Phi) is 48.3. The van der Waals surface area contributed by atoms with Gasteiger partial charge in [-0.2, -0.15) is 0 Å². The van der Waals surface area contributed by atoms with Crippen LogP contribution >= 0.6 is 0 Å². The van der Waals surface area contributed by atoms with Gasteiger partial charge in [0.2, 0.25) is 5.91 Å². The van der Waals surface area contributed by atoms with Crippen LogP contribution in [0.5, 0.6) is 0 Å². The molecule has 2 unspecified atom stereocenters. The maximum Gasteiger partial charge on any atom is 0.220 e. The number of nitrogens with one attached hydrogen (secondary N) is 1. The van der Waals surface area contributed by atoms with Crippen molar-refractivity contribution in [2.75, 3.05) is 6.61 Å². The molecular weight excluding hydrogens is 723 g/mol. The van der Waals surface area contributed by atoms with Gasteiger partial charge in [-0.3, -0.25) is 4.79 Å². The molecular formula is C55H99NO3. The first kappa shape index (κ1) is 56.8. The Bertz CT molecular complexity index is 1020. The second kappa shape index (κ2) is 50.2. The highest BCUT2D eigenvalue weighted by Crippen LogP contribution is 2.16. The molecule has 0 aliphatic rings. The van der Waals surface area contributed by atoms with Gasteiger partial charge in [-0.25, -0.2) is 0 Å². The fraction of sp³-hybridized carbons (Fsp3) is 0.764. The number of rotatable bonds is 46. The zero-order valence-corrected chi connectivity index (χ0v) is 39.3. The minimum Gasteiger partial charge on any atom is -0.394 e. The number of hydrogen-bond donors (Lipinski definition) is 3. The van der Waals surface area contributed by atoms with Crippen LogP contribution in [0.25, 0.3) is 0 Å². The number of unbranched alkanes of at least 4 members (excludes halogenated alkanes) is 29. The Morgan fingerprint density at radius 3 is 1.19 bits per heavy atom. The molecule has 1 amide bonds. The molecule has 0 spiro atoms. The predicted octanol–water partition coefficient (Wildman–Crippen LogP) is 16.6. The Hall–Kier alpha value is -2.17. The Labute approximate surface area is 368 Å². The summed E-state index contributed by atoms with van der Waals surface area (Å²) in [7, 11) is 0. The summed E-state index contributed by atoms with van der Waals surface area (Å²) in [5.41, 5.74) is 0. The largest absolute Gasteiger partial charge is 0.394 e. The van der Waals surface area contributed by atoms with E-state index in [1.165, 1.54) is 167 Å². The SMILES string of the molecule is CC/C=C\C/C=C\C/C=C\C/C=C\CCCCC(=O)NC(CO)C(O)/C=C/CC/C=C/CCCCCCCCCCCCCCCCCCCCCCCCCCCC. The number of allylic oxidation sites excluding steroid dienone is 11. The Balaban J connectivity index is 3.54. The zero-order chi connectivity index (χ0) is 42.8. The molecule has 0 heterocycles. The fourth-order valence-corrected chi connectivity index (χ4v) is 7.54. The van der Waals surface area contributed by atoms with E-state index in [9.17, 15) is 15.0 Å². The quantitative estimate of drug-likeness (QED) is 0.0423. The van der Waals surface area contributed by atoms with Crippen molar-refractivity contribution in [1.82, 2.24) is 5.32 Å². The van der Waals surface area contributed by atoms with E-state index in [0.717, 1.165) is 64.2 Å². The van der Waals surface area contributed by atoms with Gasteiger partial charge in [0, 0.05) is 6.42 Å². The molecule has 0 bridgehead atoms. The van der Waals surface area contributed by atoms with Crippen LogP contribution in [0.1, 0.15) is 251 Å². The first-order valence-corrected chi connectivity index (χ1v) is 25.7. The number of amides is 1. The summed E-state index contributed by atoms with van der Waals surface area (Å²) < 4.78 is 0. The van der Waals surface area contributed by atoms with Crippen LogP contribution in [0, 0.1) is 0 Å². The van der Waals surface area contributed by atoms with Gasteiger partial charge in [0.15, 0.2) is 0 Å². The molecule has 0 saturated heterocycles. The molecule has 0 aromatic rings. The summed E-state index contributed by atoms with van der Waals surface area (Å²) in [4.78, 5) is 12.4. The van der Waals surface area contributed by atoms with E-state index in [4.69, 9.17) is 0 Å². The van der Waals surface area contributed by atoms with E-state index in [0.29, 0.717) is 6.42 Å². The molecule has 0 fully saturated rings. The van der Waals surface area contributed by atoms with Crippen molar-refractivity contribution < 1.29 is 15.0 Å². The minimum atomic E-state index is -0.883. The van der Waals surface area contributed by atoms with Crippen LogP contribution in [0.4, 0.5) is 0 Å². The molecule has 0 aliphatic heterocycles. The molecule has 342 valence electrons. The van der Waals surface area contributed by atoms with Gasteiger partial charge in [0.1, 0.15) is 0 Å². The summed E-state index contributed by atoms with van der Waals surface area (Å²) >= 11 is 0. The van der Waals surface area contributed by atoms with Gasteiger partial charge in [0.05, 0.1) is 18.8 Å². The second-order valence-corrected chi connectivity index (χ2v) is 17.2. The predicted molar refractivity (Wildman–Crippen MR) is 262 cm³/mol. The van der Waals surface area contributed by atoms with E-state index in [1.54, 1.807) is 6.08 Å². The lowest BCUT2D eigenvalue weighted by atomic mass is 10.0. The lowest BCUT2D eigenvalue weighted by molar-refractivity contribution is -0.123.